The quantitative estimate of drug-likeness (QED) is 0.776. The maximum absolute atomic E-state index is 11.7. The number of hydrogen-bond donors (Lipinski definition) is 0. The fourth-order valence-corrected chi connectivity index (χ4v) is 2.26. The van der Waals surface area contributed by atoms with Gasteiger partial charge in [-0.25, -0.2) is 0 Å². The Hall–Kier alpha value is -1.77. The summed E-state index contributed by atoms with van der Waals surface area (Å²) in [5, 5.41) is 1.09. The highest BCUT2D eigenvalue weighted by molar-refractivity contribution is 5.82. The van der Waals surface area contributed by atoms with Crippen molar-refractivity contribution in [3.05, 3.63) is 35.6 Å². The predicted octanol–water partition coefficient (Wildman–Crippen LogP) is 3.44. The van der Waals surface area contributed by atoms with Crippen LogP contribution in [0.5, 0.6) is 0 Å². The van der Waals surface area contributed by atoms with Gasteiger partial charge >= 0.3 is 5.97 Å². The van der Waals surface area contributed by atoms with Crippen LogP contribution in [0.25, 0.3) is 11.0 Å². The highest BCUT2D eigenvalue weighted by Gasteiger charge is 2.40. The van der Waals surface area contributed by atoms with Crippen LogP contribution in [-0.4, -0.2) is 5.97 Å². The van der Waals surface area contributed by atoms with E-state index in [1.54, 1.807) is 0 Å². The number of furan rings is 1. The minimum atomic E-state index is -0.0950. The zero-order valence-electron chi connectivity index (χ0n) is 10.6. The zero-order valence-corrected chi connectivity index (χ0v) is 10.6. The van der Waals surface area contributed by atoms with E-state index in [1.807, 2.05) is 31.2 Å². The molecule has 3 rings (SSSR count). The van der Waals surface area contributed by atoms with Gasteiger partial charge in [-0.3, -0.25) is 4.79 Å². The zero-order chi connectivity index (χ0) is 12.7. The van der Waals surface area contributed by atoms with Gasteiger partial charge in [-0.05, 0) is 25.3 Å². The maximum Gasteiger partial charge on any atom is 0.309 e. The maximum atomic E-state index is 11.7. The molecule has 1 aliphatic carbocycles. The lowest BCUT2D eigenvalue weighted by molar-refractivity contribution is -0.147. The molecule has 0 spiro atoms. The summed E-state index contributed by atoms with van der Waals surface area (Å²) in [4.78, 5) is 11.7. The molecule has 1 aromatic carbocycles. The number of rotatable bonds is 3. The van der Waals surface area contributed by atoms with E-state index in [1.165, 1.54) is 0 Å². The van der Waals surface area contributed by atoms with Crippen LogP contribution in [0.1, 0.15) is 24.7 Å². The number of carbonyl (C=O) groups is 1. The molecule has 0 N–H and O–H groups in total. The standard InChI is InChI=1S/C15H16O3/c1-9-7-12(9)15(16)17-8-14-10(2)11-5-3-4-6-13(11)18-14/h3-6,9,12H,7-8H2,1-2H3. The van der Waals surface area contributed by atoms with Gasteiger partial charge in [-0.2, -0.15) is 0 Å². The Morgan fingerprint density at radius 3 is 2.83 bits per heavy atom. The second-order valence-electron chi connectivity index (χ2n) is 5.07. The van der Waals surface area contributed by atoms with Crippen LogP contribution in [0.2, 0.25) is 0 Å². The Kier molecular flexibility index (Phi) is 2.62. The van der Waals surface area contributed by atoms with Crippen LogP contribution >= 0.6 is 0 Å². The normalized spacial score (nSPS) is 22.1. The first-order valence-electron chi connectivity index (χ1n) is 6.30. The lowest BCUT2D eigenvalue weighted by atomic mass is 10.1. The molecule has 18 heavy (non-hydrogen) atoms. The smallest absolute Gasteiger partial charge is 0.309 e. The molecule has 2 aromatic rings. The molecule has 0 radical (unpaired) electrons. The van der Waals surface area contributed by atoms with Gasteiger partial charge < -0.3 is 9.15 Å². The first kappa shape index (κ1) is 11.3. The average Bonchev–Trinajstić information content (AvgIpc) is 3.02. The molecule has 2 atom stereocenters. The number of hydrogen-bond acceptors (Lipinski definition) is 3. The summed E-state index contributed by atoms with van der Waals surface area (Å²) in [7, 11) is 0. The van der Waals surface area contributed by atoms with Gasteiger partial charge in [0.1, 0.15) is 18.0 Å². The van der Waals surface area contributed by atoms with Crippen LogP contribution in [0.4, 0.5) is 0 Å². The lowest BCUT2D eigenvalue weighted by Crippen LogP contribution is -2.07. The number of aryl methyl sites for hydroxylation is 1. The molecule has 1 aliphatic rings. The number of esters is 1. The molecule has 0 saturated heterocycles. The van der Waals surface area contributed by atoms with E-state index >= 15 is 0 Å². The third kappa shape index (κ3) is 1.90. The summed E-state index contributed by atoms with van der Waals surface area (Å²) in [5.74, 6) is 1.24. The SMILES string of the molecule is Cc1c(COC(=O)C2CC2C)oc2ccccc12. The molecule has 1 aromatic heterocycles. The fourth-order valence-electron chi connectivity index (χ4n) is 2.26. The van der Waals surface area contributed by atoms with Crippen molar-refractivity contribution in [2.45, 2.75) is 26.9 Å². The van der Waals surface area contributed by atoms with Crippen molar-refractivity contribution in [1.29, 1.82) is 0 Å². The van der Waals surface area contributed by atoms with Crippen LogP contribution in [-0.2, 0) is 16.1 Å². The lowest BCUT2D eigenvalue weighted by Gasteiger charge is -2.02. The molecule has 2 unspecified atom stereocenters. The Labute approximate surface area is 106 Å². The number of fused-ring (bicyclic) bond motifs is 1. The van der Waals surface area contributed by atoms with Crippen LogP contribution in [0.15, 0.2) is 28.7 Å². The number of ether oxygens (including phenoxy) is 1. The number of para-hydroxylation sites is 1. The monoisotopic (exact) mass is 244 g/mol. The van der Waals surface area contributed by atoms with Crippen molar-refractivity contribution in [2.24, 2.45) is 11.8 Å². The molecule has 3 heteroatoms. The van der Waals surface area contributed by atoms with Crippen molar-refractivity contribution >= 4 is 16.9 Å². The Morgan fingerprint density at radius 1 is 1.44 bits per heavy atom. The van der Waals surface area contributed by atoms with E-state index in [9.17, 15) is 4.79 Å². The molecule has 1 heterocycles. The van der Waals surface area contributed by atoms with E-state index in [0.29, 0.717) is 5.92 Å². The van der Waals surface area contributed by atoms with Crippen LogP contribution < -0.4 is 0 Å². The van der Waals surface area contributed by atoms with Gasteiger partial charge in [-0.15, -0.1) is 0 Å². The average molecular weight is 244 g/mol. The van der Waals surface area contributed by atoms with E-state index in [2.05, 4.69) is 6.92 Å². The number of carbonyl (C=O) groups excluding carboxylic acids is 1. The third-order valence-electron chi connectivity index (χ3n) is 3.70. The molecular formula is C15H16O3. The largest absolute Gasteiger partial charge is 0.457 e. The molecule has 0 aliphatic heterocycles. The van der Waals surface area contributed by atoms with Gasteiger partial charge in [0.15, 0.2) is 0 Å². The van der Waals surface area contributed by atoms with Gasteiger partial charge in [0.05, 0.1) is 5.92 Å². The highest BCUT2D eigenvalue weighted by atomic mass is 16.5. The summed E-state index contributed by atoms with van der Waals surface area (Å²) in [6.45, 7) is 4.30. The highest BCUT2D eigenvalue weighted by Crippen LogP contribution is 2.39. The van der Waals surface area contributed by atoms with Crippen molar-refractivity contribution in [2.75, 3.05) is 0 Å². The fraction of sp³-hybridized carbons (Fsp3) is 0.400. The molecule has 0 bridgehead atoms. The third-order valence-corrected chi connectivity index (χ3v) is 3.70. The van der Waals surface area contributed by atoms with Crippen LogP contribution in [0, 0.1) is 18.8 Å². The minimum Gasteiger partial charge on any atom is -0.457 e. The summed E-state index contributed by atoms with van der Waals surface area (Å²) in [6, 6.07) is 7.86. The van der Waals surface area contributed by atoms with Gasteiger partial charge in [0.25, 0.3) is 0 Å². The van der Waals surface area contributed by atoms with Crippen molar-refractivity contribution in [3.8, 4) is 0 Å². The topological polar surface area (TPSA) is 39.4 Å². The Balaban J connectivity index is 1.74. The van der Waals surface area contributed by atoms with Gasteiger partial charge in [0, 0.05) is 10.9 Å². The summed E-state index contributed by atoms with van der Waals surface area (Å²) >= 11 is 0. The first-order valence-corrected chi connectivity index (χ1v) is 6.30. The summed E-state index contributed by atoms with van der Waals surface area (Å²) < 4.78 is 11.0. The molecule has 1 fully saturated rings. The van der Waals surface area contributed by atoms with E-state index in [-0.39, 0.29) is 18.5 Å². The molecular weight excluding hydrogens is 228 g/mol. The molecule has 1 saturated carbocycles. The van der Waals surface area contributed by atoms with Gasteiger partial charge in [0.2, 0.25) is 0 Å². The second kappa shape index (κ2) is 4.16. The molecule has 94 valence electrons. The molecule has 3 nitrogen and oxygen atoms in total. The first-order chi connectivity index (χ1) is 8.66. The van der Waals surface area contributed by atoms with E-state index in [0.717, 1.165) is 28.7 Å². The Bertz CT molecular complexity index is 597. The van der Waals surface area contributed by atoms with E-state index < -0.39 is 0 Å². The molecule has 0 amide bonds. The van der Waals surface area contributed by atoms with Crippen molar-refractivity contribution in [3.63, 3.8) is 0 Å². The van der Waals surface area contributed by atoms with Crippen molar-refractivity contribution < 1.29 is 13.9 Å². The van der Waals surface area contributed by atoms with Crippen LogP contribution in [0.3, 0.4) is 0 Å². The summed E-state index contributed by atoms with van der Waals surface area (Å²) in [5.41, 5.74) is 1.91. The Morgan fingerprint density at radius 2 is 2.17 bits per heavy atom. The second-order valence-corrected chi connectivity index (χ2v) is 5.07. The number of benzene rings is 1. The predicted molar refractivity (Wildman–Crippen MR) is 68.0 cm³/mol. The van der Waals surface area contributed by atoms with E-state index in [4.69, 9.17) is 9.15 Å². The van der Waals surface area contributed by atoms with Gasteiger partial charge in [-0.1, -0.05) is 25.1 Å². The minimum absolute atomic E-state index is 0.0950. The van der Waals surface area contributed by atoms with Crippen molar-refractivity contribution in [1.82, 2.24) is 0 Å². The summed E-state index contributed by atoms with van der Waals surface area (Å²) in [6.07, 6.45) is 0.956.